The fourth-order valence-corrected chi connectivity index (χ4v) is 6.85. The molecule has 0 radical (unpaired) electrons. The van der Waals surface area contributed by atoms with E-state index in [4.69, 9.17) is 14.2 Å². The Morgan fingerprint density at radius 1 is 1.23 bits per heavy atom. The van der Waals surface area contributed by atoms with Crippen molar-refractivity contribution < 1.29 is 49.3 Å². The largest absolute Gasteiger partial charge is 0.456 e. The minimum atomic E-state index is -2.11. The van der Waals surface area contributed by atoms with Crippen LogP contribution in [0.25, 0.3) is 0 Å². The van der Waals surface area contributed by atoms with Gasteiger partial charge in [0.25, 0.3) is 0 Å². The quantitative estimate of drug-likeness (QED) is 0.320. The van der Waals surface area contributed by atoms with Crippen molar-refractivity contribution in [1.82, 2.24) is 0 Å². The summed E-state index contributed by atoms with van der Waals surface area (Å²) in [7, 11) is 1.29. The molecule has 2 aliphatic heterocycles. The molecule has 10 nitrogen and oxygen atoms in total. The number of methoxy groups -OCH3 is 1. The molecule has 10 heteroatoms. The first-order valence-electron chi connectivity index (χ1n) is 10.1. The molecule has 1 unspecified atom stereocenters. The number of hydrogen-bond acceptors (Lipinski definition) is 10. The van der Waals surface area contributed by atoms with Crippen LogP contribution in [0.5, 0.6) is 0 Å². The van der Waals surface area contributed by atoms with Gasteiger partial charge in [-0.25, -0.2) is 0 Å². The third-order valence-electron chi connectivity index (χ3n) is 8.25. The number of ether oxygens (including phenoxy) is 3. The predicted molar refractivity (Wildman–Crippen MR) is 97.6 cm³/mol. The molecule has 4 aliphatic rings. The lowest BCUT2D eigenvalue weighted by atomic mass is 9.49. The molecule has 4 fully saturated rings. The molecule has 0 aromatic heterocycles. The standard InChI is InChI=1S/C20H30O10/c1-7(21)8-6-19(30-15(8)24)12(23)14-20(27)10(16(25)29-14)9(17(2,3)26)11(22)13(28-5)18(19,20)4/h7-14,21-23,26-27H,6H2,1-5H3/t7?,8-,9-,10-,11-,12+,13-,14+,18+,19+,20-/m1/s1. The van der Waals surface area contributed by atoms with E-state index in [1.54, 1.807) is 0 Å². The molecule has 0 aromatic rings. The van der Waals surface area contributed by atoms with Crippen molar-refractivity contribution in [2.45, 2.75) is 81.4 Å². The lowest BCUT2D eigenvalue weighted by Crippen LogP contribution is -2.75. The molecule has 2 heterocycles. The Hall–Kier alpha value is -1.30. The van der Waals surface area contributed by atoms with Crippen molar-refractivity contribution in [2.24, 2.45) is 23.2 Å². The summed E-state index contributed by atoms with van der Waals surface area (Å²) in [5.74, 6) is -5.17. The lowest BCUT2D eigenvalue weighted by molar-refractivity contribution is -0.292. The average Bonchev–Trinajstić information content (AvgIpc) is 3.15. The first-order chi connectivity index (χ1) is 13.7. The molecular formula is C20H30O10. The van der Waals surface area contributed by atoms with Gasteiger partial charge in [-0.1, -0.05) is 6.92 Å². The van der Waals surface area contributed by atoms with E-state index < -0.39 is 82.4 Å². The second kappa shape index (κ2) is 6.14. The van der Waals surface area contributed by atoms with Crippen LogP contribution in [0.2, 0.25) is 0 Å². The van der Waals surface area contributed by atoms with Gasteiger partial charge in [0.1, 0.15) is 11.7 Å². The summed E-state index contributed by atoms with van der Waals surface area (Å²) < 4.78 is 16.6. The Bertz CT molecular complexity index is 776. The Balaban J connectivity index is 1.97. The van der Waals surface area contributed by atoms with Crippen LogP contribution in [0.15, 0.2) is 0 Å². The predicted octanol–water partition coefficient (Wildman–Crippen LogP) is -1.90. The Morgan fingerprint density at radius 2 is 1.83 bits per heavy atom. The maximum absolute atomic E-state index is 12.8. The maximum Gasteiger partial charge on any atom is 0.313 e. The van der Waals surface area contributed by atoms with Crippen LogP contribution in [-0.4, -0.2) is 91.9 Å². The van der Waals surface area contributed by atoms with E-state index >= 15 is 0 Å². The van der Waals surface area contributed by atoms with Crippen molar-refractivity contribution in [3.63, 3.8) is 0 Å². The zero-order valence-electron chi connectivity index (χ0n) is 17.6. The van der Waals surface area contributed by atoms with Gasteiger partial charge >= 0.3 is 11.9 Å². The third kappa shape index (κ3) is 2.14. The molecule has 0 amide bonds. The van der Waals surface area contributed by atoms with Gasteiger partial charge < -0.3 is 39.7 Å². The molecule has 4 rings (SSSR count). The minimum Gasteiger partial charge on any atom is -0.456 e. The highest BCUT2D eigenvalue weighted by Gasteiger charge is 2.90. The van der Waals surface area contributed by atoms with E-state index in [0.717, 1.165) is 0 Å². The van der Waals surface area contributed by atoms with Crippen molar-refractivity contribution >= 4 is 11.9 Å². The van der Waals surface area contributed by atoms with Crippen molar-refractivity contribution in [3.05, 3.63) is 0 Å². The summed E-state index contributed by atoms with van der Waals surface area (Å²) in [4.78, 5) is 25.4. The Morgan fingerprint density at radius 3 is 2.30 bits per heavy atom. The van der Waals surface area contributed by atoms with Gasteiger partial charge in [-0.3, -0.25) is 9.59 Å². The van der Waals surface area contributed by atoms with Crippen LogP contribution in [0, 0.1) is 23.2 Å². The van der Waals surface area contributed by atoms with E-state index in [1.807, 2.05) is 0 Å². The summed E-state index contributed by atoms with van der Waals surface area (Å²) in [6, 6.07) is 0. The van der Waals surface area contributed by atoms with Gasteiger partial charge in [-0.05, 0) is 20.8 Å². The Kier molecular flexibility index (Phi) is 4.49. The first kappa shape index (κ1) is 21.9. The highest BCUT2D eigenvalue weighted by Crippen LogP contribution is 2.71. The number of rotatable bonds is 3. The number of fused-ring (bicyclic) bond motifs is 1. The topological polar surface area (TPSA) is 163 Å². The van der Waals surface area contributed by atoms with Gasteiger partial charge in [0.15, 0.2) is 11.7 Å². The van der Waals surface area contributed by atoms with E-state index in [-0.39, 0.29) is 6.42 Å². The molecule has 170 valence electrons. The SMILES string of the molecule is CO[C@@H]1[C@H](O)[C@H](C(C)(C)O)[C@@H]2C(=O)O[C@H]3[C@H](O)[C@@]4(C[C@H](C(C)O)C(=O)O4)[C@@]1(C)[C@]32O. The molecule has 0 bridgehead atoms. The van der Waals surface area contributed by atoms with Crippen LogP contribution in [0.3, 0.4) is 0 Å². The lowest BCUT2D eigenvalue weighted by Gasteiger charge is -2.59. The summed E-state index contributed by atoms with van der Waals surface area (Å²) in [6.45, 7) is 5.71. The van der Waals surface area contributed by atoms with Crippen molar-refractivity contribution in [1.29, 1.82) is 0 Å². The molecule has 2 aliphatic carbocycles. The van der Waals surface area contributed by atoms with Gasteiger partial charge in [0, 0.05) is 19.4 Å². The molecule has 2 saturated carbocycles. The second-order valence-corrected chi connectivity index (χ2v) is 10.00. The van der Waals surface area contributed by atoms with E-state index in [0.29, 0.717) is 0 Å². The van der Waals surface area contributed by atoms with Gasteiger partial charge in [-0.15, -0.1) is 0 Å². The smallest absolute Gasteiger partial charge is 0.313 e. The van der Waals surface area contributed by atoms with E-state index in [9.17, 15) is 35.1 Å². The number of esters is 2. The van der Waals surface area contributed by atoms with E-state index in [1.165, 1.54) is 34.8 Å². The number of hydrogen-bond donors (Lipinski definition) is 5. The van der Waals surface area contributed by atoms with Crippen LogP contribution < -0.4 is 0 Å². The van der Waals surface area contributed by atoms with Crippen molar-refractivity contribution in [2.75, 3.05) is 7.11 Å². The number of carbonyl (C=O) groups excluding carboxylic acids is 2. The summed E-state index contributed by atoms with van der Waals surface area (Å²) in [5, 5.41) is 55.3. The molecule has 5 N–H and O–H groups in total. The van der Waals surface area contributed by atoms with Crippen LogP contribution in [0.1, 0.15) is 34.1 Å². The molecule has 1 spiro atoms. The Labute approximate surface area is 173 Å². The molecule has 2 saturated heterocycles. The highest BCUT2D eigenvalue weighted by atomic mass is 16.6. The number of aliphatic hydroxyl groups excluding tert-OH is 3. The fraction of sp³-hybridized carbons (Fsp3) is 0.900. The summed E-state index contributed by atoms with van der Waals surface area (Å²) in [6.07, 6.45) is -7.02. The number of carbonyl (C=O) groups is 2. The molecule has 11 atom stereocenters. The van der Waals surface area contributed by atoms with E-state index in [2.05, 4.69) is 0 Å². The fourth-order valence-electron chi connectivity index (χ4n) is 6.85. The highest BCUT2D eigenvalue weighted by molar-refractivity contribution is 5.81. The minimum absolute atomic E-state index is 0.163. The van der Waals surface area contributed by atoms with Crippen LogP contribution in [-0.2, 0) is 23.8 Å². The zero-order chi connectivity index (χ0) is 22.6. The van der Waals surface area contributed by atoms with Crippen molar-refractivity contribution in [3.8, 4) is 0 Å². The number of aliphatic hydroxyl groups is 5. The molecule has 0 aromatic carbocycles. The summed E-state index contributed by atoms with van der Waals surface area (Å²) >= 11 is 0. The zero-order valence-corrected chi connectivity index (χ0v) is 17.6. The summed E-state index contributed by atoms with van der Waals surface area (Å²) in [5.41, 5.74) is -7.19. The monoisotopic (exact) mass is 430 g/mol. The van der Waals surface area contributed by atoms with Gasteiger partial charge in [0.05, 0.1) is 41.2 Å². The first-order valence-corrected chi connectivity index (χ1v) is 10.1. The van der Waals surface area contributed by atoms with Gasteiger partial charge in [0.2, 0.25) is 0 Å². The molecule has 30 heavy (non-hydrogen) atoms. The van der Waals surface area contributed by atoms with Gasteiger partial charge in [-0.2, -0.15) is 0 Å². The molecular weight excluding hydrogens is 400 g/mol. The third-order valence-corrected chi connectivity index (χ3v) is 8.25. The van der Waals surface area contributed by atoms with Crippen LogP contribution >= 0.6 is 0 Å². The second-order valence-electron chi connectivity index (χ2n) is 10.00. The average molecular weight is 430 g/mol. The maximum atomic E-state index is 12.8. The normalized spacial score (nSPS) is 53.6. The van der Waals surface area contributed by atoms with Crippen LogP contribution in [0.4, 0.5) is 0 Å².